The molecule has 88 valence electrons. The first-order chi connectivity index (χ1) is 7.50. The highest BCUT2D eigenvalue weighted by Crippen LogP contribution is 2.30. The maximum atomic E-state index is 12.1. The molecule has 1 aliphatic carbocycles. The van der Waals surface area contributed by atoms with Gasteiger partial charge in [-0.05, 0) is 30.9 Å². The zero-order valence-electron chi connectivity index (χ0n) is 9.13. The van der Waals surface area contributed by atoms with Crippen LogP contribution in [-0.4, -0.2) is 31.3 Å². The summed E-state index contributed by atoms with van der Waals surface area (Å²) < 4.78 is 25.5. The van der Waals surface area contributed by atoms with Crippen LogP contribution in [0.15, 0.2) is 23.2 Å². The molecule has 2 rings (SSSR count). The summed E-state index contributed by atoms with van der Waals surface area (Å²) in [5.41, 5.74) is 5.42. The number of pyridine rings is 1. The Hall–Kier alpha value is -1.14. The topological polar surface area (TPSA) is 76.3 Å². The highest BCUT2D eigenvalue weighted by atomic mass is 32.2. The van der Waals surface area contributed by atoms with Crippen LogP contribution in [0.4, 0.5) is 5.82 Å². The third-order valence-electron chi connectivity index (χ3n) is 2.68. The number of nitrogens with two attached hydrogens (primary N) is 1. The van der Waals surface area contributed by atoms with Crippen molar-refractivity contribution in [2.45, 2.75) is 17.7 Å². The normalized spacial score (nSPS) is 16.6. The van der Waals surface area contributed by atoms with Gasteiger partial charge in [-0.15, -0.1) is 0 Å². The van der Waals surface area contributed by atoms with Crippen LogP contribution in [0, 0.1) is 5.92 Å². The van der Waals surface area contributed by atoms with Crippen molar-refractivity contribution in [2.24, 2.45) is 5.92 Å². The Bertz CT molecular complexity index is 465. The predicted molar refractivity (Wildman–Crippen MR) is 61.2 cm³/mol. The summed E-state index contributed by atoms with van der Waals surface area (Å²) in [5.74, 6) is 0.852. The summed E-state index contributed by atoms with van der Waals surface area (Å²) >= 11 is 0. The lowest BCUT2D eigenvalue weighted by Crippen LogP contribution is -2.29. The molecule has 1 aliphatic rings. The smallest absolute Gasteiger partial charge is 0.244 e. The lowest BCUT2D eigenvalue weighted by Gasteiger charge is -2.16. The van der Waals surface area contributed by atoms with Gasteiger partial charge in [-0.25, -0.2) is 17.7 Å². The van der Waals surface area contributed by atoms with E-state index >= 15 is 0 Å². The van der Waals surface area contributed by atoms with E-state index in [-0.39, 0.29) is 4.90 Å². The van der Waals surface area contributed by atoms with Crippen LogP contribution in [0.1, 0.15) is 12.8 Å². The summed E-state index contributed by atoms with van der Waals surface area (Å²) in [6.45, 7) is 0.590. The number of sulfonamides is 1. The standard InChI is InChI=1S/C10H15N3O2S/c1-13(7-8-2-3-8)16(14,15)9-4-5-10(11)12-6-9/h4-6,8H,2-3,7H2,1H3,(H2,11,12). The first kappa shape index (κ1) is 11.3. The molecule has 0 atom stereocenters. The molecule has 1 heterocycles. The summed E-state index contributed by atoms with van der Waals surface area (Å²) in [5, 5.41) is 0. The molecule has 1 fully saturated rings. The van der Waals surface area contributed by atoms with E-state index in [2.05, 4.69) is 4.98 Å². The van der Waals surface area contributed by atoms with Gasteiger partial charge >= 0.3 is 0 Å². The van der Waals surface area contributed by atoms with Crippen LogP contribution in [-0.2, 0) is 10.0 Å². The summed E-state index contributed by atoms with van der Waals surface area (Å²) in [4.78, 5) is 3.99. The number of aromatic nitrogens is 1. The van der Waals surface area contributed by atoms with Crippen LogP contribution in [0.3, 0.4) is 0 Å². The SMILES string of the molecule is CN(CC1CC1)S(=O)(=O)c1ccc(N)nc1. The number of anilines is 1. The maximum absolute atomic E-state index is 12.1. The first-order valence-corrected chi connectivity index (χ1v) is 6.62. The van der Waals surface area contributed by atoms with Gasteiger partial charge in [-0.2, -0.15) is 0 Å². The van der Waals surface area contributed by atoms with Crippen molar-refractivity contribution in [2.75, 3.05) is 19.3 Å². The van der Waals surface area contributed by atoms with E-state index in [4.69, 9.17) is 5.73 Å². The van der Waals surface area contributed by atoms with Crippen molar-refractivity contribution in [3.8, 4) is 0 Å². The molecule has 0 saturated heterocycles. The van der Waals surface area contributed by atoms with E-state index in [9.17, 15) is 8.42 Å². The van der Waals surface area contributed by atoms with Crippen LogP contribution >= 0.6 is 0 Å². The quantitative estimate of drug-likeness (QED) is 0.841. The second kappa shape index (κ2) is 4.03. The van der Waals surface area contributed by atoms with Crippen LogP contribution < -0.4 is 5.73 Å². The average molecular weight is 241 g/mol. The Morgan fingerprint density at radius 2 is 2.19 bits per heavy atom. The van der Waals surface area contributed by atoms with Crippen LogP contribution in [0.25, 0.3) is 0 Å². The average Bonchev–Trinajstić information content (AvgIpc) is 3.02. The van der Waals surface area contributed by atoms with Crippen molar-refractivity contribution in [1.82, 2.24) is 9.29 Å². The molecule has 0 aliphatic heterocycles. The lowest BCUT2D eigenvalue weighted by molar-refractivity contribution is 0.452. The molecule has 6 heteroatoms. The van der Waals surface area contributed by atoms with E-state index < -0.39 is 10.0 Å². The van der Waals surface area contributed by atoms with Gasteiger partial charge in [-0.3, -0.25) is 0 Å². The predicted octanol–water partition coefficient (Wildman–Crippen LogP) is 0.694. The van der Waals surface area contributed by atoms with Crippen LogP contribution in [0.5, 0.6) is 0 Å². The van der Waals surface area contributed by atoms with Crippen molar-refractivity contribution >= 4 is 15.8 Å². The van der Waals surface area contributed by atoms with Gasteiger partial charge in [0.25, 0.3) is 0 Å². The minimum absolute atomic E-state index is 0.199. The summed E-state index contributed by atoms with van der Waals surface area (Å²) in [6, 6.07) is 2.99. The fourth-order valence-electron chi connectivity index (χ4n) is 1.49. The monoisotopic (exact) mass is 241 g/mol. The van der Waals surface area contributed by atoms with Crippen molar-refractivity contribution < 1.29 is 8.42 Å². The zero-order chi connectivity index (χ0) is 11.8. The number of nitrogen functional groups attached to an aromatic ring is 1. The Balaban J connectivity index is 2.19. The number of hydrogen-bond acceptors (Lipinski definition) is 4. The van der Waals surface area contributed by atoms with Gasteiger partial charge in [-0.1, -0.05) is 0 Å². The molecule has 16 heavy (non-hydrogen) atoms. The van der Waals surface area contributed by atoms with Gasteiger partial charge in [0.15, 0.2) is 0 Å². The van der Waals surface area contributed by atoms with Gasteiger partial charge in [0.1, 0.15) is 10.7 Å². The summed E-state index contributed by atoms with van der Waals surface area (Å²) in [6.07, 6.45) is 3.55. The number of hydrogen-bond donors (Lipinski definition) is 1. The van der Waals surface area contributed by atoms with Crippen LogP contribution in [0.2, 0.25) is 0 Å². The Labute approximate surface area is 95.3 Å². The minimum atomic E-state index is -3.40. The second-order valence-electron chi connectivity index (χ2n) is 4.15. The molecule has 0 aromatic carbocycles. The molecule has 0 spiro atoms. The molecule has 0 radical (unpaired) electrons. The highest BCUT2D eigenvalue weighted by Gasteiger charge is 2.29. The molecular formula is C10H15N3O2S. The number of nitrogens with zero attached hydrogens (tertiary/aromatic N) is 2. The van der Waals surface area contributed by atoms with E-state index in [0.29, 0.717) is 18.3 Å². The minimum Gasteiger partial charge on any atom is -0.384 e. The van der Waals surface area contributed by atoms with Gasteiger partial charge in [0, 0.05) is 19.8 Å². The fraction of sp³-hybridized carbons (Fsp3) is 0.500. The maximum Gasteiger partial charge on any atom is 0.244 e. The Kier molecular flexibility index (Phi) is 2.86. The molecular weight excluding hydrogens is 226 g/mol. The lowest BCUT2D eigenvalue weighted by atomic mass is 10.4. The van der Waals surface area contributed by atoms with Crippen molar-refractivity contribution in [1.29, 1.82) is 0 Å². The molecule has 0 bridgehead atoms. The van der Waals surface area contributed by atoms with Crippen molar-refractivity contribution in [3.63, 3.8) is 0 Å². The molecule has 0 unspecified atom stereocenters. The zero-order valence-corrected chi connectivity index (χ0v) is 9.94. The highest BCUT2D eigenvalue weighted by molar-refractivity contribution is 7.89. The fourth-order valence-corrected chi connectivity index (χ4v) is 2.68. The van der Waals surface area contributed by atoms with E-state index in [1.807, 2.05) is 0 Å². The number of rotatable bonds is 4. The third kappa shape index (κ3) is 2.33. The molecule has 0 amide bonds. The van der Waals surface area contributed by atoms with Gasteiger partial charge in [0.05, 0.1) is 0 Å². The second-order valence-corrected chi connectivity index (χ2v) is 6.19. The molecule has 1 saturated carbocycles. The molecule has 1 aromatic heterocycles. The Morgan fingerprint density at radius 3 is 2.69 bits per heavy atom. The molecule has 5 nitrogen and oxygen atoms in total. The van der Waals surface area contributed by atoms with Gasteiger partial charge < -0.3 is 5.73 Å². The van der Waals surface area contributed by atoms with Gasteiger partial charge in [0.2, 0.25) is 10.0 Å². The van der Waals surface area contributed by atoms with E-state index in [1.165, 1.54) is 22.6 Å². The third-order valence-corrected chi connectivity index (χ3v) is 4.49. The van der Waals surface area contributed by atoms with E-state index in [1.54, 1.807) is 7.05 Å². The first-order valence-electron chi connectivity index (χ1n) is 5.18. The van der Waals surface area contributed by atoms with Crippen molar-refractivity contribution in [3.05, 3.63) is 18.3 Å². The Morgan fingerprint density at radius 1 is 1.50 bits per heavy atom. The largest absolute Gasteiger partial charge is 0.384 e. The molecule has 2 N–H and O–H groups in total. The summed E-state index contributed by atoms with van der Waals surface area (Å²) in [7, 11) is -1.79. The molecule has 1 aromatic rings. The van der Waals surface area contributed by atoms with E-state index in [0.717, 1.165) is 12.8 Å².